The molecule has 0 aliphatic carbocycles. The van der Waals surface area contributed by atoms with E-state index in [0.29, 0.717) is 5.89 Å². The Morgan fingerprint density at radius 2 is 2.21 bits per heavy atom. The van der Waals surface area contributed by atoms with E-state index in [2.05, 4.69) is 43.5 Å². The van der Waals surface area contributed by atoms with Crippen LogP contribution in [-0.4, -0.2) is 4.98 Å². The number of benzene rings is 1. The lowest BCUT2D eigenvalue weighted by Crippen LogP contribution is -1.80. The van der Waals surface area contributed by atoms with Gasteiger partial charge in [0.1, 0.15) is 5.76 Å². The summed E-state index contributed by atoms with van der Waals surface area (Å²) in [5.41, 5.74) is 0.985. The minimum absolute atomic E-state index is 0.658. The second kappa shape index (κ2) is 4.02. The fourth-order valence-corrected chi connectivity index (χ4v) is 2.61. The molecule has 14 heavy (non-hydrogen) atoms. The first-order valence-electron chi connectivity index (χ1n) is 4.04. The smallest absolute Gasteiger partial charge is 0.227 e. The maximum atomic E-state index is 5.45. The third-order valence-electron chi connectivity index (χ3n) is 1.78. The number of halogens is 2. The second-order valence-corrected chi connectivity index (χ2v) is 5.00. The van der Waals surface area contributed by atoms with E-state index < -0.39 is 0 Å². The highest BCUT2D eigenvalue weighted by molar-refractivity contribution is 14.1. The second-order valence-electron chi connectivity index (χ2n) is 2.90. The molecule has 4 heteroatoms. The minimum Gasteiger partial charge on any atom is -0.441 e. The number of aryl methyl sites for hydroxylation is 1. The molecule has 0 spiro atoms. The summed E-state index contributed by atoms with van der Waals surface area (Å²) in [6.45, 7) is 1.89. The Kier molecular flexibility index (Phi) is 2.92. The van der Waals surface area contributed by atoms with Crippen molar-refractivity contribution >= 4 is 38.5 Å². The zero-order valence-electron chi connectivity index (χ0n) is 7.42. The molecule has 0 bridgehead atoms. The Bertz CT molecular complexity index is 467. The molecule has 1 heterocycles. The van der Waals surface area contributed by atoms with Crippen molar-refractivity contribution in [1.82, 2.24) is 4.98 Å². The van der Waals surface area contributed by atoms with Crippen LogP contribution in [0.15, 0.2) is 33.3 Å². The topological polar surface area (TPSA) is 26.0 Å². The number of hydrogen-bond acceptors (Lipinski definition) is 2. The van der Waals surface area contributed by atoms with E-state index in [4.69, 9.17) is 4.42 Å². The molecule has 0 aliphatic heterocycles. The summed E-state index contributed by atoms with van der Waals surface area (Å²) < 4.78 is 7.63. The van der Waals surface area contributed by atoms with Crippen LogP contribution in [0.2, 0.25) is 0 Å². The molecule has 1 aromatic heterocycles. The minimum atomic E-state index is 0.658. The van der Waals surface area contributed by atoms with Crippen molar-refractivity contribution in [3.8, 4) is 11.5 Å². The van der Waals surface area contributed by atoms with Gasteiger partial charge in [-0.05, 0) is 63.6 Å². The maximum Gasteiger partial charge on any atom is 0.227 e. The van der Waals surface area contributed by atoms with Crippen LogP contribution in [0.4, 0.5) is 0 Å². The third kappa shape index (κ3) is 2.00. The molecule has 72 valence electrons. The summed E-state index contributed by atoms with van der Waals surface area (Å²) >= 11 is 5.75. The van der Waals surface area contributed by atoms with Gasteiger partial charge in [0.2, 0.25) is 5.89 Å². The molecule has 0 saturated carbocycles. The Morgan fingerprint density at radius 1 is 1.43 bits per heavy atom. The van der Waals surface area contributed by atoms with Crippen LogP contribution < -0.4 is 0 Å². The Morgan fingerprint density at radius 3 is 2.79 bits per heavy atom. The first-order chi connectivity index (χ1) is 6.66. The summed E-state index contributed by atoms with van der Waals surface area (Å²) in [6, 6.07) is 6.06. The molecular weight excluding hydrogens is 357 g/mol. The van der Waals surface area contributed by atoms with Crippen molar-refractivity contribution in [3.63, 3.8) is 0 Å². The molecule has 0 N–H and O–H groups in total. The van der Waals surface area contributed by atoms with Crippen molar-refractivity contribution in [2.75, 3.05) is 0 Å². The molecule has 2 nitrogen and oxygen atoms in total. The number of hydrogen-bond donors (Lipinski definition) is 0. The van der Waals surface area contributed by atoms with Gasteiger partial charge in [-0.15, -0.1) is 0 Å². The normalized spacial score (nSPS) is 10.5. The first kappa shape index (κ1) is 10.2. The van der Waals surface area contributed by atoms with Gasteiger partial charge in [0.15, 0.2) is 0 Å². The summed E-state index contributed by atoms with van der Waals surface area (Å²) in [4.78, 5) is 4.18. The van der Waals surface area contributed by atoms with Gasteiger partial charge in [-0.2, -0.15) is 0 Å². The highest BCUT2D eigenvalue weighted by atomic mass is 127. The number of nitrogens with zero attached hydrogens (tertiary/aromatic N) is 1. The molecular formula is C10H7BrINO. The van der Waals surface area contributed by atoms with Gasteiger partial charge in [0.05, 0.1) is 11.8 Å². The molecule has 0 saturated heterocycles. The van der Waals surface area contributed by atoms with E-state index >= 15 is 0 Å². The summed E-state index contributed by atoms with van der Waals surface area (Å²) in [6.07, 6.45) is 1.72. The van der Waals surface area contributed by atoms with Crippen LogP contribution in [0.5, 0.6) is 0 Å². The number of rotatable bonds is 1. The van der Waals surface area contributed by atoms with E-state index in [0.717, 1.165) is 15.8 Å². The fourth-order valence-electron chi connectivity index (χ4n) is 1.14. The van der Waals surface area contributed by atoms with E-state index in [1.54, 1.807) is 6.20 Å². The fraction of sp³-hybridized carbons (Fsp3) is 0.100. The predicted octanol–water partition coefficient (Wildman–Crippen LogP) is 4.02. The van der Waals surface area contributed by atoms with E-state index in [9.17, 15) is 0 Å². The molecule has 0 aliphatic rings. The molecule has 0 fully saturated rings. The average molecular weight is 364 g/mol. The molecule has 1 aromatic carbocycles. The van der Waals surface area contributed by atoms with Crippen LogP contribution in [-0.2, 0) is 0 Å². The quantitative estimate of drug-likeness (QED) is 0.715. The number of aromatic nitrogens is 1. The predicted molar refractivity (Wildman–Crippen MR) is 67.1 cm³/mol. The van der Waals surface area contributed by atoms with Gasteiger partial charge >= 0.3 is 0 Å². The average Bonchev–Trinajstić information content (AvgIpc) is 2.51. The third-order valence-corrected chi connectivity index (χ3v) is 3.11. The Hall–Kier alpha value is -0.360. The lowest BCUT2D eigenvalue weighted by molar-refractivity contribution is 0.542. The van der Waals surface area contributed by atoms with E-state index in [1.165, 1.54) is 3.57 Å². The highest BCUT2D eigenvalue weighted by Crippen LogP contribution is 2.28. The lowest BCUT2D eigenvalue weighted by atomic mass is 10.2. The van der Waals surface area contributed by atoms with Crippen LogP contribution in [0.1, 0.15) is 5.76 Å². The molecule has 0 atom stereocenters. The van der Waals surface area contributed by atoms with Crippen molar-refractivity contribution < 1.29 is 4.42 Å². The van der Waals surface area contributed by atoms with Gasteiger partial charge in [-0.1, -0.05) is 0 Å². The maximum absolute atomic E-state index is 5.45. The zero-order chi connectivity index (χ0) is 10.1. The van der Waals surface area contributed by atoms with Gasteiger partial charge in [0, 0.05) is 8.04 Å². The first-order valence-corrected chi connectivity index (χ1v) is 5.92. The largest absolute Gasteiger partial charge is 0.441 e. The Balaban J connectivity index is 2.52. The Labute approximate surface area is 104 Å². The molecule has 2 aromatic rings. The number of oxazole rings is 1. The lowest BCUT2D eigenvalue weighted by Gasteiger charge is -1.99. The van der Waals surface area contributed by atoms with Crippen molar-refractivity contribution in [1.29, 1.82) is 0 Å². The molecule has 0 unspecified atom stereocenters. The van der Waals surface area contributed by atoms with Gasteiger partial charge in [-0.25, -0.2) is 4.98 Å². The van der Waals surface area contributed by atoms with E-state index in [1.807, 2.05) is 25.1 Å². The van der Waals surface area contributed by atoms with Crippen molar-refractivity contribution in [3.05, 3.63) is 38.2 Å². The summed E-state index contributed by atoms with van der Waals surface area (Å²) in [5, 5.41) is 0. The summed E-state index contributed by atoms with van der Waals surface area (Å²) in [7, 11) is 0. The molecule has 0 amide bonds. The van der Waals surface area contributed by atoms with Crippen LogP contribution >= 0.6 is 38.5 Å². The van der Waals surface area contributed by atoms with Crippen LogP contribution in [0, 0.1) is 10.5 Å². The molecule has 0 radical (unpaired) electrons. The van der Waals surface area contributed by atoms with E-state index in [-0.39, 0.29) is 0 Å². The van der Waals surface area contributed by atoms with Gasteiger partial charge in [-0.3, -0.25) is 0 Å². The van der Waals surface area contributed by atoms with Crippen LogP contribution in [0.25, 0.3) is 11.5 Å². The van der Waals surface area contributed by atoms with Crippen molar-refractivity contribution in [2.24, 2.45) is 0 Å². The van der Waals surface area contributed by atoms with Crippen LogP contribution in [0.3, 0.4) is 0 Å². The monoisotopic (exact) mass is 363 g/mol. The van der Waals surface area contributed by atoms with Gasteiger partial charge in [0.25, 0.3) is 0 Å². The SMILES string of the molecule is Cc1cnc(-c2ccc(I)cc2Br)o1. The molecule has 2 rings (SSSR count). The summed E-state index contributed by atoms with van der Waals surface area (Å²) in [5.74, 6) is 1.48. The standard InChI is InChI=1S/C10H7BrINO/c1-6-5-13-10(14-6)8-3-2-7(12)4-9(8)11/h2-5H,1H3. The van der Waals surface area contributed by atoms with Crippen molar-refractivity contribution in [2.45, 2.75) is 6.92 Å². The van der Waals surface area contributed by atoms with Gasteiger partial charge < -0.3 is 4.42 Å². The highest BCUT2D eigenvalue weighted by Gasteiger charge is 2.08. The zero-order valence-corrected chi connectivity index (χ0v) is 11.2.